The Labute approximate surface area is 103 Å². The van der Waals surface area contributed by atoms with E-state index in [1.807, 2.05) is 18.2 Å². The quantitative estimate of drug-likeness (QED) is 0.604. The molecule has 0 amide bonds. The highest BCUT2D eigenvalue weighted by Gasteiger charge is 2.09. The summed E-state index contributed by atoms with van der Waals surface area (Å²) in [6, 6.07) is 6.15. The third kappa shape index (κ3) is 3.69. The second kappa shape index (κ2) is 6.82. The maximum absolute atomic E-state index is 5.27. The predicted molar refractivity (Wildman–Crippen MR) is 69.4 cm³/mol. The summed E-state index contributed by atoms with van der Waals surface area (Å²) in [5.41, 5.74) is 1.15. The first-order valence-corrected chi connectivity index (χ1v) is 5.61. The van der Waals surface area contributed by atoms with E-state index in [0.717, 1.165) is 30.0 Å². The molecule has 1 aromatic rings. The molecule has 0 bridgehead atoms. The minimum atomic E-state index is 0.239. The second-order valence-electron chi connectivity index (χ2n) is 3.74. The average Bonchev–Trinajstić information content (AvgIpc) is 2.38. The van der Waals surface area contributed by atoms with Crippen molar-refractivity contribution in [3.05, 3.63) is 23.8 Å². The van der Waals surface area contributed by atoms with Crippen LogP contribution in [0.1, 0.15) is 24.9 Å². The molecule has 0 saturated carbocycles. The van der Waals surface area contributed by atoms with E-state index < -0.39 is 0 Å². The highest BCUT2D eigenvalue weighted by atomic mass is 16.5. The zero-order chi connectivity index (χ0) is 12.7. The van der Waals surface area contributed by atoms with Gasteiger partial charge in [0.15, 0.2) is 11.5 Å². The molecule has 1 atom stereocenters. The van der Waals surface area contributed by atoms with E-state index >= 15 is 0 Å². The van der Waals surface area contributed by atoms with Crippen molar-refractivity contribution in [3.63, 3.8) is 0 Å². The maximum atomic E-state index is 5.27. The van der Waals surface area contributed by atoms with Gasteiger partial charge in [-0.15, -0.1) is 12.3 Å². The third-order valence-electron chi connectivity index (χ3n) is 2.63. The van der Waals surface area contributed by atoms with Gasteiger partial charge in [-0.1, -0.05) is 6.07 Å². The van der Waals surface area contributed by atoms with Crippen LogP contribution in [0.3, 0.4) is 0 Å². The molecule has 0 aliphatic rings. The Kier molecular flexibility index (Phi) is 5.38. The summed E-state index contributed by atoms with van der Waals surface area (Å²) in [6.45, 7) is 2.91. The Balaban J connectivity index is 2.74. The molecule has 0 saturated heterocycles. The third-order valence-corrected chi connectivity index (χ3v) is 2.63. The molecule has 0 fully saturated rings. The van der Waals surface area contributed by atoms with Crippen molar-refractivity contribution in [3.8, 4) is 23.8 Å². The van der Waals surface area contributed by atoms with E-state index in [2.05, 4.69) is 18.2 Å². The number of benzene rings is 1. The summed E-state index contributed by atoms with van der Waals surface area (Å²) in [5.74, 6) is 4.10. The summed E-state index contributed by atoms with van der Waals surface area (Å²) in [6.07, 6.45) is 5.94. The number of methoxy groups -OCH3 is 2. The van der Waals surface area contributed by atoms with Crippen LogP contribution in [0.25, 0.3) is 0 Å². The van der Waals surface area contributed by atoms with Gasteiger partial charge in [0, 0.05) is 19.0 Å². The van der Waals surface area contributed by atoms with Crippen LogP contribution in [0, 0.1) is 12.3 Å². The fourth-order valence-corrected chi connectivity index (χ4v) is 1.60. The van der Waals surface area contributed by atoms with Crippen LogP contribution in [-0.4, -0.2) is 20.8 Å². The van der Waals surface area contributed by atoms with Crippen LogP contribution in [0.5, 0.6) is 11.5 Å². The molecule has 92 valence electrons. The molecular formula is C14H19NO2. The van der Waals surface area contributed by atoms with E-state index in [4.69, 9.17) is 15.9 Å². The van der Waals surface area contributed by atoms with Crippen LogP contribution in [0.4, 0.5) is 0 Å². The summed E-state index contributed by atoms with van der Waals surface area (Å²) in [7, 11) is 3.27. The lowest BCUT2D eigenvalue weighted by Gasteiger charge is -2.15. The summed E-state index contributed by atoms with van der Waals surface area (Å²) in [4.78, 5) is 0. The normalized spacial score (nSPS) is 11.6. The first-order valence-electron chi connectivity index (χ1n) is 5.61. The van der Waals surface area contributed by atoms with Gasteiger partial charge in [0.05, 0.1) is 14.2 Å². The molecular weight excluding hydrogens is 214 g/mol. The Bertz CT molecular complexity index is 396. The lowest BCUT2D eigenvalue weighted by atomic mass is 10.1. The summed E-state index contributed by atoms with van der Waals surface area (Å²) in [5, 5.41) is 3.35. The van der Waals surface area contributed by atoms with E-state index in [9.17, 15) is 0 Å². The molecule has 0 aliphatic carbocycles. The molecule has 0 spiro atoms. The predicted octanol–water partition coefficient (Wildman–Crippen LogP) is 2.38. The molecule has 1 rings (SSSR count). The van der Waals surface area contributed by atoms with Gasteiger partial charge >= 0.3 is 0 Å². The summed E-state index contributed by atoms with van der Waals surface area (Å²) < 4.78 is 10.5. The molecule has 0 radical (unpaired) electrons. The Morgan fingerprint density at radius 1 is 1.29 bits per heavy atom. The number of hydrogen-bond acceptors (Lipinski definition) is 3. The average molecular weight is 233 g/mol. The fourth-order valence-electron chi connectivity index (χ4n) is 1.60. The highest BCUT2D eigenvalue weighted by Crippen LogP contribution is 2.29. The Hall–Kier alpha value is -1.66. The number of terminal acetylenes is 1. The van der Waals surface area contributed by atoms with Gasteiger partial charge in [0.2, 0.25) is 0 Å². The van der Waals surface area contributed by atoms with Crippen molar-refractivity contribution in [2.24, 2.45) is 0 Å². The molecule has 0 aromatic heterocycles. The molecule has 3 nitrogen and oxygen atoms in total. The van der Waals surface area contributed by atoms with Gasteiger partial charge < -0.3 is 14.8 Å². The zero-order valence-electron chi connectivity index (χ0n) is 10.6. The number of rotatable bonds is 6. The first-order chi connectivity index (χ1) is 8.22. The van der Waals surface area contributed by atoms with Crippen molar-refractivity contribution >= 4 is 0 Å². The molecule has 0 aliphatic heterocycles. The van der Waals surface area contributed by atoms with Gasteiger partial charge in [-0.25, -0.2) is 0 Å². The second-order valence-corrected chi connectivity index (χ2v) is 3.74. The van der Waals surface area contributed by atoms with Crippen molar-refractivity contribution < 1.29 is 9.47 Å². The van der Waals surface area contributed by atoms with E-state index in [0.29, 0.717) is 0 Å². The molecule has 3 heteroatoms. The molecule has 17 heavy (non-hydrogen) atoms. The van der Waals surface area contributed by atoms with E-state index in [1.54, 1.807) is 14.2 Å². The Morgan fingerprint density at radius 3 is 2.59 bits per heavy atom. The highest BCUT2D eigenvalue weighted by molar-refractivity contribution is 5.43. The van der Waals surface area contributed by atoms with Gasteiger partial charge in [-0.2, -0.15) is 0 Å². The minimum Gasteiger partial charge on any atom is -0.493 e. The smallest absolute Gasteiger partial charge is 0.161 e. The van der Waals surface area contributed by atoms with E-state index in [-0.39, 0.29) is 6.04 Å². The first kappa shape index (κ1) is 13.4. The molecule has 1 unspecified atom stereocenters. The summed E-state index contributed by atoms with van der Waals surface area (Å²) >= 11 is 0. The minimum absolute atomic E-state index is 0.239. The lowest BCUT2D eigenvalue weighted by Crippen LogP contribution is -2.19. The van der Waals surface area contributed by atoms with E-state index in [1.165, 1.54) is 0 Å². The van der Waals surface area contributed by atoms with Crippen LogP contribution < -0.4 is 14.8 Å². The monoisotopic (exact) mass is 233 g/mol. The van der Waals surface area contributed by atoms with Crippen molar-refractivity contribution in [1.82, 2.24) is 5.32 Å². The van der Waals surface area contributed by atoms with Crippen molar-refractivity contribution in [1.29, 1.82) is 0 Å². The van der Waals surface area contributed by atoms with Gasteiger partial charge in [0.1, 0.15) is 0 Å². The fraction of sp³-hybridized carbons (Fsp3) is 0.429. The maximum Gasteiger partial charge on any atom is 0.161 e. The molecule has 0 heterocycles. The zero-order valence-corrected chi connectivity index (χ0v) is 10.6. The molecule has 1 N–H and O–H groups in total. The van der Waals surface area contributed by atoms with Crippen LogP contribution in [0.2, 0.25) is 0 Å². The van der Waals surface area contributed by atoms with Crippen LogP contribution in [0.15, 0.2) is 18.2 Å². The number of hydrogen-bond donors (Lipinski definition) is 1. The Morgan fingerprint density at radius 2 is 2.00 bits per heavy atom. The molecule has 1 aromatic carbocycles. The SMILES string of the molecule is C#CCCNC(C)c1ccc(OC)c(OC)c1. The standard InChI is InChI=1S/C14H19NO2/c1-5-6-9-15-11(2)12-7-8-13(16-3)14(10-12)17-4/h1,7-8,10-11,15H,6,9H2,2-4H3. The lowest BCUT2D eigenvalue weighted by molar-refractivity contribution is 0.354. The number of ether oxygens (including phenoxy) is 2. The van der Waals surface area contributed by atoms with Crippen molar-refractivity contribution in [2.75, 3.05) is 20.8 Å². The van der Waals surface area contributed by atoms with Crippen molar-refractivity contribution in [2.45, 2.75) is 19.4 Å². The van der Waals surface area contributed by atoms with Gasteiger partial charge in [0.25, 0.3) is 0 Å². The van der Waals surface area contributed by atoms with Gasteiger partial charge in [-0.3, -0.25) is 0 Å². The number of nitrogens with one attached hydrogen (secondary N) is 1. The van der Waals surface area contributed by atoms with Gasteiger partial charge in [-0.05, 0) is 24.6 Å². The topological polar surface area (TPSA) is 30.5 Å². The van der Waals surface area contributed by atoms with Crippen LogP contribution in [-0.2, 0) is 0 Å². The largest absolute Gasteiger partial charge is 0.493 e. The van der Waals surface area contributed by atoms with Crippen LogP contribution >= 0.6 is 0 Å².